The van der Waals surface area contributed by atoms with Gasteiger partial charge in [0, 0.05) is 25.2 Å². The van der Waals surface area contributed by atoms with Gasteiger partial charge in [0.15, 0.2) is 5.84 Å². The highest BCUT2D eigenvalue weighted by Crippen LogP contribution is 2.08. The summed E-state index contributed by atoms with van der Waals surface area (Å²) in [6, 6.07) is 7.40. The molecule has 0 radical (unpaired) electrons. The molecule has 1 aromatic carbocycles. The molecule has 1 aliphatic heterocycles. The van der Waals surface area contributed by atoms with Gasteiger partial charge in [0.05, 0.1) is 6.54 Å². The summed E-state index contributed by atoms with van der Waals surface area (Å²) >= 11 is 0. The summed E-state index contributed by atoms with van der Waals surface area (Å²) < 4.78 is 0. The van der Waals surface area contributed by atoms with Crippen molar-refractivity contribution < 1.29 is 10.0 Å². The molecular weight excluding hydrogens is 268 g/mol. The summed E-state index contributed by atoms with van der Waals surface area (Å²) in [5.41, 5.74) is 7.21. The van der Waals surface area contributed by atoms with Crippen molar-refractivity contribution in [1.29, 1.82) is 0 Å². The van der Waals surface area contributed by atoms with Crippen LogP contribution in [-0.4, -0.2) is 41.5 Å². The van der Waals surface area contributed by atoms with Crippen LogP contribution in [0.25, 0.3) is 0 Å². The zero-order chi connectivity index (χ0) is 15.1. The number of nitrogens with two attached hydrogens (primary N) is 1. The summed E-state index contributed by atoms with van der Waals surface area (Å²) in [6.45, 7) is 2.67. The highest BCUT2D eigenvalue weighted by molar-refractivity contribution is 5.97. The first kappa shape index (κ1) is 15.3. The minimum atomic E-state index is 0.0845. The number of likely N-dealkylation sites (tertiary alicyclic amines) is 1. The monoisotopic (exact) mass is 290 g/mol. The standard InChI is InChI=1S/C15H22N4O2/c16-15(18-21)13-6-4-5-12(9-13)10-17-11-14(20)19-7-2-1-3-8-19/h4-6,9,17,21H,1-3,7-8,10-11H2,(H2,16,18). The number of amides is 1. The summed E-state index contributed by atoms with van der Waals surface area (Å²) in [5.74, 6) is 0.239. The highest BCUT2D eigenvalue weighted by atomic mass is 16.4. The van der Waals surface area contributed by atoms with Gasteiger partial charge in [-0.15, -0.1) is 0 Å². The molecule has 1 saturated heterocycles. The highest BCUT2D eigenvalue weighted by Gasteiger charge is 2.15. The Balaban J connectivity index is 1.81. The first-order chi connectivity index (χ1) is 10.2. The van der Waals surface area contributed by atoms with Gasteiger partial charge in [0.2, 0.25) is 5.91 Å². The van der Waals surface area contributed by atoms with E-state index in [0.717, 1.165) is 31.5 Å². The predicted molar refractivity (Wildman–Crippen MR) is 81.1 cm³/mol. The molecule has 1 amide bonds. The molecule has 0 saturated carbocycles. The third kappa shape index (κ3) is 4.46. The smallest absolute Gasteiger partial charge is 0.236 e. The SMILES string of the molecule is N/C(=N/O)c1cccc(CNCC(=O)N2CCCCC2)c1. The number of hydrogen-bond donors (Lipinski definition) is 3. The molecule has 1 aliphatic rings. The molecule has 114 valence electrons. The molecule has 0 aromatic heterocycles. The van der Waals surface area contributed by atoms with Gasteiger partial charge in [-0.05, 0) is 30.9 Å². The molecule has 1 aromatic rings. The fourth-order valence-electron chi connectivity index (χ4n) is 2.47. The molecule has 6 heteroatoms. The third-order valence-electron chi connectivity index (χ3n) is 3.64. The lowest BCUT2D eigenvalue weighted by atomic mass is 10.1. The Morgan fingerprint density at radius 1 is 1.33 bits per heavy atom. The number of carbonyl (C=O) groups is 1. The van der Waals surface area contributed by atoms with Gasteiger partial charge in [0.1, 0.15) is 0 Å². The zero-order valence-corrected chi connectivity index (χ0v) is 12.1. The number of nitrogens with zero attached hydrogens (tertiary/aromatic N) is 2. The average molecular weight is 290 g/mol. The van der Waals surface area contributed by atoms with Crippen molar-refractivity contribution in [2.45, 2.75) is 25.8 Å². The van der Waals surface area contributed by atoms with Crippen molar-refractivity contribution in [2.75, 3.05) is 19.6 Å². The van der Waals surface area contributed by atoms with Crippen LogP contribution < -0.4 is 11.1 Å². The van der Waals surface area contributed by atoms with E-state index in [1.165, 1.54) is 6.42 Å². The number of rotatable bonds is 5. The molecule has 4 N–H and O–H groups in total. The number of oxime groups is 1. The molecule has 0 aliphatic carbocycles. The van der Waals surface area contributed by atoms with Crippen LogP contribution >= 0.6 is 0 Å². The maximum absolute atomic E-state index is 12.0. The summed E-state index contributed by atoms with van der Waals surface area (Å²) in [5, 5.41) is 14.8. The van der Waals surface area contributed by atoms with Crippen molar-refractivity contribution in [2.24, 2.45) is 10.9 Å². The van der Waals surface area contributed by atoms with E-state index in [4.69, 9.17) is 10.9 Å². The molecular formula is C15H22N4O2. The number of piperidine rings is 1. The van der Waals surface area contributed by atoms with E-state index < -0.39 is 0 Å². The van der Waals surface area contributed by atoms with Crippen molar-refractivity contribution >= 4 is 11.7 Å². The van der Waals surface area contributed by atoms with Crippen LogP contribution in [-0.2, 0) is 11.3 Å². The van der Waals surface area contributed by atoms with E-state index >= 15 is 0 Å². The lowest BCUT2D eigenvalue weighted by Crippen LogP contribution is -2.40. The summed E-state index contributed by atoms with van der Waals surface area (Å²) in [6.07, 6.45) is 3.43. The molecule has 1 heterocycles. The Labute approximate surface area is 124 Å². The van der Waals surface area contributed by atoms with Gasteiger partial charge in [-0.25, -0.2) is 0 Å². The van der Waals surface area contributed by atoms with Crippen LogP contribution in [0.3, 0.4) is 0 Å². The second kappa shape index (κ2) is 7.64. The maximum atomic E-state index is 12.0. The second-order valence-corrected chi connectivity index (χ2v) is 5.23. The Bertz CT molecular complexity index is 510. The molecule has 0 bridgehead atoms. The molecule has 2 rings (SSSR count). The summed E-state index contributed by atoms with van der Waals surface area (Å²) in [4.78, 5) is 13.9. The molecule has 0 atom stereocenters. The van der Waals surface area contributed by atoms with Crippen molar-refractivity contribution in [3.8, 4) is 0 Å². The van der Waals surface area contributed by atoms with Crippen LogP contribution in [0.1, 0.15) is 30.4 Å². The van der Waals surface area contributed by atoms with Gasteiger partial charge < -0.3 is 21.2 Å². The average Bonchev–Trinajstić information content (AvgIpc) is 2.55. The maximum Gasteiger partial charge on any atom is 0.236 e. The zero-order valence-electron chi connectivity index (χ0n) is 12.1. The second-order valence-electron chi connectivity index (χ2n) is 5.23. The molecule has 0 spiro atoms. The van der Waals surface area contributed by atoms with E-state index in [1.807, 2.05) is 23.1 Å². The van der Waals surface area contributed by atoms with Crippen LogP contribution in [0, 0.1) is 0 Å². The van der Waals surface area contributed by atoms with Gasteiger partial charge >= 0.3 is 0 Å². The largest absolute Gasteiger partial charge is 0.409 e. The van der Waals surface area contributed by atoms with Gasteiger partial charge in [-0.3, -0.25) is 4.79 Å². The fraction of sp³-hybridized carbons (Fsp3) is 0.467. The Morgan fingerprint density at radius 2 is 2.10 bits per heavy atom. The van der Waals surface area contributed by atoms with E-state index in [2.05, 4.69) is 10.5 Å². The first-order valence-electron chi connectivity index (χ1n) is 7.26. The van der Waals surface area contributed by atoms with Crippen LogP contribution in [0.2, 0.25) is 0 Å². The van der Waals surface area contributed by atoms with Crippen molar-refractivity contribution in [1.82, 2.24) is 10.2 Å². The number of hydrogen-bond acceptors (Lipinski definition) is 4. The van der Waals surface area contributed by atoms with Crippen LogP contribution in [0.5, 0.6) is 0 Å². The quantitative estimate of drug-likeness (QED) is 0.325. The fourth-order valence-corrected chi connectivity index (χ4v) is 2.47. The predicted octanol–water partition coefficient (Wildman–Crippen LogP) is 0.883. The Morgan fingerprint density at radius 3 is 2.81 bits per heavy atom. The normalized spacial score (nSPS) is 16.0. The van der Waals surface area contributed by atoms with Crippen molar-refractivity contribution in [3.05, 3.63) is 35.4 Å². The first-order valence-corrected chi connectivity index (χ1v) is 7.26. The molecule has 1 fully saturated rings. The number of amidine groups is 1. The lowest BCUT2D eigenvalue weighted by molar-refractivity contribution is -0.131. The van der Waals surface area contributed by atoms with Gasteiger partial charge in [-0.1, -0.05) is 23.4 Å². The van der Waals surface area contributed by atoms with E-state index in [9.17, 15) is 4.79 Å². The Hall–Kier alpha value is -2.08. The van der Waals surface area contributed by atoms with Crippen LogP contribution in [0.4, 0.5) is 0 Å². The van der Waals surface area contributed by atoms with Crippen LogP contribution in [0.15, 0.2) is 29.4 Å². The minimum absolute atomic E-state index is 0.0845. The number of carbonyl (C=O) groups excluding carboxylic acids is 1. The van der Waals surface area contributed by atoms with Crippen molar-refractivity contribution in [3.63, 3.8) is 0 Å². The summed E-state index contributed by atoms with van der Waals surface area (Å²) in [7, 11) is 0. The molecule has 21 heavy (non-hydrogen) atoms. The lowest BCUT2D eigenvalue weighted by Gasteiger charge is -2.26. The third-order valence-corrected chi connectivity index (χ3v) is 3.64. The van der Waals surface area contributed by atoms with E-state index in [0.29, 0.717) is 18.7 Å². The van der Waals surface area contributed by atoms with E-state index in [-0.39, 0.29) is 11.7 Å². The molecule has 0 unspecified atom stereocenters. The van der Waals surface area contributed by atoms with E-state index in [1.54, 1.807) is 6.07 Å². The van der Waals surface area contributed by atoms with Gasteiger partial charge in [0.25, 0.3) is 0 Å². The topological polar surface area (TPSA) is 91.0 Å². The number of nitrogens with one attached hydrogen (secondary N) is 1. The van der Waals surface area contributed by atoms with Gasteiger partial charge in [-0.2, -0.15) is 0 Å². The minimum Gasteiger partial charge on any atom is -0.409 e. The molecule has 6 nitrogen and oxygen atoms in total. The number of benzene rings is 1. The Kier molecular flexibility index (Phi) is 5.57.